The maximum absolute atomic E-state index is 12.3. The van der Waals surface area contributed by atoms with Gasteiger partial charge in [-0.2, -0.15) is 5.10 Å². The molecule has 0 amide bonds. The lowest BCUT2D eigenvalue weighted by Gasteiger charge is -2.44. The summed E-state index contributed by atoms with van der Waals surface area (Å²) >= 11 is 0. The van der Waals surface area contributed by atoms with Crippen molar-refractivity contribution in [3.63, 3.8) is 0 Å². The van der Waals surface area contributed by atoms with Crippen LogP contribution in [-0.2, 0) is 28.1 Å². The molecule has 0 saturated heterocycles. The number of aromatic nitrogens is 3. The van der Waals surface area contributed by atoms with Crippen LogP contribution in [0.3, 0.4) is 0 Å². The molecule has 0 unspecified atom stereocenters. The van der Waals surface area contributed by atoms with Gasteiger partial charge in [-0.05, 0) is 60.6 Å². The highest BCUT2D eigenvalue weighted by molar-refractivity contribution is 7.90. The number of hydrogen-bond donors (Lipinski definition) is 1. The van der Waals surface area contributed by atoms with E-state index in [1.165, 1.54) is 37.5 Å². The first kappa shape index (κ1) is 24.1. The molecule has 0 atom stereocenters. The molecule has 2 heterocycles. The maximum atomic E-state index is 12.3. The third kappa shape index (κ3) is 4.21. The Hall–Kier alpha value is -3.25. The molecule has 6 rings (SSSR count). The first-order valence-electron chi connectivity index (χ1n) is 13.2. The number of nitrogens with one attached hydrogen (secondary N) is 1. The molecule has 6 heteroatoms. The molecule has 190 valence electrons. The van der Waals surface area contributed by atoms with E-state index in [2.05, 4.69) is 66.5 Å². The van der Waals surface area contributed by atoms with Crippen LogP contribution in [0.15, 0.2) is 65.7 Å². The smallest absolute Gasteiger partial charge is 0.192 e. The van der Waals surface area contributed by atoms with Gasteiger partial charge in [0.05, 0.1) is 17.1 Å². The van der Waals surface area contributed by atoms with Gasteiger partial charge in [-0.25, -0.2) is 8.42 Å². The number of aromatic amines is 1. The Morgan fingerprint density at radius 3 is 2.27 bits per heavy atom. The summed E-state index contributed by atoms with van der Waals surface area (Å²) in [6.45, 7) is 4.64. The molecule has 0 aliphatic heterocycles. The number of benzene rings is 2. The monoisotopic (exact) mass is 511 g/mol. The Morgan fingerprint density at radius 2 is 1.65 bits per heavy atom. The number of rotatable bonds is 6. The fourth-order valence-corrected chi connectivity index (χ4v) is 7.19. The molecule has 2 aromatic carbocycles. The van der Waals surface area contributed by atoms with Gasteiger partial charge in [-0.1, -0.05) is 74.9 Å². The second-order valence-electron chi connectivity index (χ2n) is 11.2. The molecule has 2 aliphatic rings. The molecule has 0 bridgehead atoms. The molecule has 4 aromatic rings. The van der Waals surface area contributed by atoms with E-state index >= 15 is 0 Å². The van der Waals surface area contributed by atoms with Crippen LogP contribution in [0.5, 0.6) is 0 Å². The molecular formula is C31H33N3O2S. The highest BCUT2D eigenvalue weighted by atomic mass is 32.2. The van der Waals surface area contributed by atoms with Crippen molar-refractivity contribution in [2.24, 2.45) is 5.92 Å². The molecule has 37 heavy (non-hydrogen) atoms. The predicted octanol–water partition coefficient (Wildman–Crippen LogP) is 6.78. The van der Waals surface area contributed by atoms with Crippen molar-refractivity contribution in [3.05, 3.63) is 77.5 Å². The van der Waals surface area contributed by atoms with Gasteiger partial charge in [0.2, 0.25) is 0 Å². The van der Waals surface area contributed by atoms with Crippen molar-refractivity contribution in [2.75, 3.05) is 6.26 Å². The Labute approximate surface area is 219 Å². The molecule has 2 aliphatic carbocycles. The van der Waals surface area contributed by atoms with Crippen LogP contribution in [0.2, 0.25) is 0 Å². The van der Waals surface area contributed by atoms with Crippen LogP contribution in [-0.4, -0.2) is 29.9 Å². The van der Waals surface area contributed by atoms with Crippen molar-refractivity contribution < 1.29 is 8.42 Å². The van der Waals surface area contributed by atoms with Gasteiger partial charge in [0, 0.05) is 28.5 Å². The molecule has 5 nitrogen and oxygen atoms in total. The van der Waals surface area contributed by atoms with Gasteiger partial charge in [0.1, 0.15) is 0 Å². The summed E-state index contributed by atoms with van der Waals surface area (Å²) in [7, 11) is -3.38. The minimum absolute atomic E-state index is 0.223. The number of fused-ring (bicyclic) bond motifs is 3. The van der Waals surface area contributed by atoms with Crippen molar-refractivity contribution in [1.29, 1.82) is 0 Å². The lowest BCUT2D eigenvalue weighted by atomic mass is 9.61. The average Bonchev–Trinajstić information content (AvgIpc) is 3.31. The maximum Gasteiger partial charge on any atom is 0.192 e. The number of sulfone groups is 1. The molecule has 1 N–H and O–H groups in total. The number of pyridine rings is 1. The number of aryl methyl sites for hydroxylation is 1. The Bertz CT molecular complexity index is 1560. The van der Waals surface area contributed by atoms with Crippen molar-refractivity contribution >= 4 is 9.84 Å². The number of hydrogen-bond acceptors (Lipinski definition) is 4. The minimum Gasteiger partial charge on any atom is -0.266 e. The largest absolute Gasteiger partial charge is 0.266 e. The van der Waals surface area contributed by atoms with E-state index in [9.17, 15) is 8.42 Å². The Balaban J connectivity index is 1.47. The number of nitrogens with zero attached hydrogens (tertiary/aromatic N) is 2. The molecular weight excluding hydrogens is 478 g/mol. The van der Waals surface area contributed by atoms with Crippen LogP contribution in [0.1, 0.15) is 56.4 Å². The topological polar surface area (TPSA) is 75.7 Å². The van der Waals surface area contributed by atoms with Gasteiger partial charge in [0.15, 0.2) is 14.9 Å². The van der Waals surface area contributed by atoms with Crippen LogP contribution in [0.25, 0.3) is 33.6 Å². The SMILES string of the molecule is CC(C)CC1(c2ccc(-c3nc4c(cc3-c3ccccc3)-c3n[nH]c(S(C)(=O)=O)c3CC4)cc2)CCC1. The predicted molar refractivity (Wildman–Crippen MR) is 148 cm³/mol. The molecule has 1 fully saturated rings. The summed E-state index contributed by atoms with van der Waals surface area (Å²) in [6, 6.07) is 21.5. The van der Waals surface area contributed by atoms with E-state index in [1.54, 1.807) is 0 Å². The van der Waals surface area contributed by atoms with Crippen LogP contribution in [0, 0.1) is 5.92 Å². The van der Waals surface area contributed by atoms with Gasteiger partial charge < -0.3 is 0 Å². The van der Waals surface area contributed by atoms with Crippen molar-refractivity contribution in [3.8, 4) is 33.6 Å². The van der Waals surface area contributed by atoms with E-state index in [0.29, 0.717) is 29.9 Å². The normalized spacial score (nSPS) is 16.2. The first-order chi connectivity index (χ1) is 17.7. The highest BCUT2D eigenvalue weighted by Gasteiger charge is 2.39. The van der Waals surface area contributed by atoms with E-state index in [1.807, 2.05) is 18.2 Å². The van der Waals surface area contributed by atoms with Crippen molar-refractivity contribution in [1.82, 2.24) is 15.2 Å². The van der Waals surface area contributed by atoms with Gasteiger partial charge >= 0.3 is 0 Å². The second kappa shape index (κ2) is 8.95. The molecule has 2 aromatic heterocycles. The van der Waals surface area contributed by atoms with Crippen molar-refractivity contribution in [2.45, 2.75) is 62.8 Å². The fraction of sp³-hybridized carbons (Fsp3) is 0.355. The lowest BCUT2D eigenvalue weighted by molar-refractivity contribution is 0.200. The van der Waals surface area contributed by atoms with E-state index in [-0.39, 0.29) is 5.03 Å². The van der Waals surface area contributed by atoms with Gasteiger partial charge in [-0.15, -0.1) is 0 Å². The standard InChI is InChI=1S/C31H33N3O2S/c1-20(2)19-31(16-7-17-31)23-12-10-22(11-13-23)28-25(21-8-5-4-6-9-21)18-26-27(32-28)15-14-24-29(26)33-34-30(24)37(3,35)36/h4-6,8-13,18,20H,7,14-17,19H2,1-3H3,(H,33,34). The third-order valence-corrected chi connectivity index (χ3v) is 9.21. The summed E-state index contributed by atoms with van der Waals surface area (Å²) in [4.78, 5) is 5.20. The zero-order chi connectivity index (χ0) is 25.8. The number of H-pyrrole nitrogens is 1. The summed E-state index contributed by atoms with van der Waals surface area (Å²) < 4.78 is 24.6. The van der Waals surface area contributed by atoms with Crippen LogP contribution in [0.4, 0.5) is 0 Å². The molecule has 0 radical (unpaired) electrons. The summed E-state index contributed by atoms with van der Waals surface area (Å²) in [6.07, 6.45) is 7.62. The first-order valence-corrected chi connectivity index (χ1v) is 15.1. The molecule has 1 saturated carbocycles. The van der Waals surface area contributed by atoms with Crippen LogP contribution < -0.4 is 0 Å². The Kier molecular flexibility index (Phi) is 5.83. The summed E-state index contributed by atoms with van der Waals surface area (Å²) in [5.74, 6) is 0.683. The quantitative estimate of drug-likeness (QED) is 0.310. The zero-order valence-electron chi connectivity index (χ0n) is 21.7. The van der Waals surface area contributed by atoms with Crippen LogP contribution >= 0.6 is 0 Å². The lowest BCUT2D eigenvalue weighted by Crippen LogP contribution is -2.35. The Morgan fingerprint density at radius 1 is 0.919 bits per heavy atom. The zero-order valence-corrected chi connectivity index (χ0v) is 22.5. The summed E-state index contributed by atoms with van der Waals surface area (Å²) in [5.41, 5.74) is 9.31. The van der Waals surface area contributed by atoms with Gasteiger partial charge in [-0.3, -0.25) is 10.1 Å². The minimum atomic E-state index is -3.38. The molecule has 0 spiro atoms. The van der Waals surface area contributed by atoms with E-state index < -0.39 is 9.84 Å². The average molecular weight is 512 g/mol. The second-order valence-corrected chi connectivity index (χ2v) is 13.2. The fourth-order valence-electron chi connectivity index (χ4n) is 6.34. The van der Waals surface area contributed by atoms with E-state index in [0.717, 1.165) is 39.2 Å². The third-order valence-electron chi connectivity index (χ3n) is 8.13. The van der Waals surface area contributed by atoms with E-state index in [4.69, 9.17) is 4.98 Å². The highest BCUT2D eigenvalue weighted by Crippen LogP contribution is 2.49. The summed E-state index contributed by atoms with van der Waals surface area (Å²) in [5, 5.41) is 7.44. The van der Waals surface area contributed by atoms with Gasteiger partial charge in [0.25, 0.3) is 0 Å².